The van der Waals surface area contributed by atoms with Crippen molar-refractivity contribution in [3.05, 3.63) is 65.8 Å². The number of carbonyl (C=O) groups excluding carboxylic acids is 1. The van der Waals surface area contributed by atoms with Gasteiger partial charge in [-0.05, 0) is 41.5 Å². The van der Waals surface area contributed by atoms with Gasteiger partial charge in [0.25, 0.3) is 0 Å². The molecule has 0 amide bonds. The zero-order valence-corrected chi connectivity index (χ0v) is 15.5. The van der Waals surface area contributed by atoms with E-state index in [4.69, 9.17) is 18.9 Å². The molecule has 0 fully saturated rings. The highest BCUT2D eigenvalue weighted by molar-refractivity contribution is 6.02. The predicted octanol–water partition coefficient (Wildman–Crippen LogP) is 3.37. The molecule has 1 aliphatic rings. The highest BCUT2D eigenvalue weighted by Crippen LogP contribution is 2.28. The van der Waals surface area contributed by atoms with E-state index in [2.05, 4.69) is 0 Å². The van der Waals surface area contributed by atoms with Gasteiger partial charge in [-0.2, -0.15) is 0 Å². The fraction of sp³-hybridized carbons (Fsp3) is 0.286. The van der Waals surface area contributed by atoms with Crippen LogP contribution in [0.1, 0.15) is 5.56 Å². The minimum absolute atomic E-state index is 0.113. The van der Waals surface area contributed by atoms with E-state index in [9.17, 15) is 4.79 Å². The number of hydrogen-bond acceptors (Lipinski definition) is 5. The topological polar surface area (TPSA) is 54.0 Å². The van der Waals surface area contributed by atoms with Crippen LogP contribution in [0.15, 0.2) is 60.2 Å². The number of allylic oxidation sites excluding steroid dienone is 5. The van der Waals surface area contributed by atoms with Crippen LogP contribution in [0.25, 0.3) is 6.08 Å². The van der Waals surface area contributed by atoms with Crippen molar-refractivity contribution >= 4 is 11.9 Å². The molecular formula is C21H24O5. The molecule has 0 spiro atoms. The fourth-order valence-corrected chi connectivity index (χ4v) is 2.55. The molecule has 26 heavy (non-hydrogen) atoms. The van der Waals surface area contributed by atoms with Crippen molar-refractivity contribution in [2.75, 3.05) is 28.4 Å². The molecule has 1 aliphatic carbocycles. The maximum absolute atomic E-state index is 12.1. The Bertz CT molecular complexity index is 743. The average Bonchev–Trinajstić information content (AvgIpc) is 2.69. The Kier molecular flexibility index (Phi) is 7.38. The number of benzene rings is 1. The van der Waals surface area contributed by atoms with E-state index in [1.54, 1.807) is 46.7 Å². The van der Waals surface area contributed by atoms with Crippen molar-refractivity contribution in [3.63, 3.8) is 0 Å². The van der Waals surface area contributed by atoms with E-state index in [1.807, 2.05) is 30.4 Å². The zero-order valence-electron chi connectivity index (χ0n) is 15.5. The third-order valence-electron chi connectivity index (χ3n) is 3.99. The van der Waals surface area contributed by atoms with Crippen LogP contribution in [0.4, 0.5) is 0 Å². The number of rotatable bonds is 8. The fourth-order valence-electron chi connectivity index (χ4n) is 2.55. The second-order valence-electron chi connectivity index (χ2n) is 5.61. The quantitative estimate of drug-likeness (QED) is 0.669. The highest BCUT2D eigenvalue weighted by atomic mass is 16.5. The summed E-state index contributed by atoms with van der Waals surface area (Å²) < 4.78 is 21.1. The lowest BCUT2D eigenvalue weighted by atomic mass is 10.0. The van der Waals surface area contributed by atoms with Crippen LogP contribution >= 0.6 is 0 Å². The average molecular weight is 356 g/mol. The van der Waals surface area contributed by atoms with Crippen LogP contribution in [-0.2, 0) is 14.3 Å². The van der Waals surface area contributed by atoms with Gasteiger partial charge in [0.1, 0.15) is 12.2 Å². The Morgan fingerprint density at radius 2 is 1.62 bits per heavy atom. The summed E-state index contributed by atoms with van der Waals surface area (Å²) in [6.45, 7) is 0. The first kappa shape index (κ1) is 19.7. The van der Waals surface area contributed by atoms with Crippen molar-refractivity contribution in [1.82, 2.24) is 0 Å². The van der Waals surface area contributed by atoms with E-state index in [1.165, 1.54) is 12.2 Å². The van der Waals surface area contributed by atoms with Crippen LogP contribution in [0.5, 0.6) is 11.5 Å². The van der Waals surface area contributed by atoms with Gasteiger partial charge in [-0.25, -0.2) is 0 Å². The second kappa shape index (κ2) is 9.75. The molecule has 2 rings (SSSR count). The standard InChI is InChI=1S/C21H24O5/c1-23-18-11-7-15(13-20(18)25-3)5-9-17(22)10-6-16-8-12-19(24-2)21(14-16)26-4/h5-14,18,20H,1-4H3/b9-5+,10-6+. The molecule has 5 heteroatoms. The highest BCUT2D eigenvalue weighted by Gasteiger charge is 2.19. The van der Waals surface area contributed by atoms with Crippen LogP contribution in [-0.4, -0.2) is 46.4 Å². The zero-order chi connectivity index (χ0) is 18.9. The number of carbonyl (C=O) groups is 1. The van der Waals surface area contributed by atoms with Crippen molar-refractivity contribution < 1.29 is 23.7 Å². The van der Waals surface area contributed by atoms with Crippen LogP contribution < -0.4 is 9.47 Å². The van der Waals surface area contributed by atoms with Crippen LogP contribution in [0.3, 0.4) is 0 Å². The summed E-state index contributed by atoms with van der Waals surface area (Å²) in [7, 11) is 6.42. The first-order valence-electron chi connectivity index (χ1n) is 8.19. The summed E-state index contributed by atoms with van der Waals surface area (Å²) in [5, 5.41) is 0. The molecule has 2 atom stereocenters. The van der Waals surface area contributed by atoms with Crippen molar-refractivity contribution in [3.8, 4) is 11.5 Å². The Balaban J connectivity index is 2.02. The molecule has 138 valence electrons. The molecule has 1 aromatic rings. The number of ketones is 1. The van der Waals surface area contributed by atoms with Gasteiger partial charge in [0.05, 0.1) is 14.2 Å². The second-order valence-corrected chi connectivity index (χ2v) is 5.61. The molecule has 0 radical (unpaired) electrons. The molecule has 0 saturated carbocycles. The lowest BCUT2D eigenvalue weighted by molar-refractivity contribution is -0.110. The molecule has 0 saturated heterocycles. The van der Waals surface area contributed by atoms with Crippen molar-refractivity contribution in [2.24, 2.45) is 0 Å². The van der Waals surface area contributed by atoms with Gasteiger partial charge in [-0.15, -0.1) is 0 Å². The van der Waals surface area contributed by atoms with E-state index in [0.29, 0.717) is 11.5 Å². The molecule has 5 nitrogen and oxygen atoms in total. The van der Waals surface area contributed by atoms with Crippen LogP contribution in [0, 0.1) is 0 Å². The molecular weight excluding hydrogens is 332 g/mol. The van der Waals surface area contributed by atoms with E-state index >= 15 is 0 Å². The summed E-state index contributed by atoms with van der Waals surface area (Å²) in [6.07, 6.45) is 12.0. The minimum Gasteiger partial charge on any atom is -0.493 e. The minimum atomic E-state index is -0.165. The summed E-state index contributed by atoms with van der Waals surface area (Å²) in [4.78, 5) is 12.1. The first-order chi connectivity index (χ1) is 12.6. The van der Waals surface area contributed by atoms with E-state index < -0.39 is 0 Å². The van der Waals surface area contributed by atoms with Gasteiger partial charge in [0.2, 0.25) is 0 Å². The molecule has 0 aliphatic heterocycles. The van der Waals surface area contributed by atoms with Gasteiger partial charge in [-0.3, -0.25) is 4.79 Å². The maximum Gasteiger partial charge on any atom is 0.178 e. The summed E-state index contributed by atoms with van der Waals surface area (Å²) >= 11 is 0. The number of ether oxygens (including phenoxy) is 4. The lowest BCUT2D eigenvalue weighted by Gasteiger charge is -2.22. The number of hydrogen-bond donors (Lipinski definition) is 0. The monoisotopic (exact) mass is 356 g/mol. The summed E-state index contributed by atoms with van der Waals surface area (Å²) in [5.74, 6) is 1.15. The van der Waals surface area contributed by atoms with Gasteiger partial charge in [0.15, 0.2) is 17.3 Å². The summed E-state index contributed by atoms with van der Waals surface area (Å²) in [6, 6.07) is 5.47. The lowest BCUT2D eigenvalue weighted by Crippen LogP contribution is -2.28. The van der Waals surface area contributed by atoms with Gasteiger partial charge in [-0.1, -0.05) is 30.4 Å². The van der Waals surface area contributed by atoms with Gasteiger partial charge < -0.3 is 18.9 Å². The Morgan fingerprint density at radius 3 is 2.27 bits per heavy atom. The Morgan fingerprint density at radius 1 is 0.923 bits per heavy atom. The molecule has 1 aromatic carbocycles. The maximum atomic E-state index is 12.1. The molecule has 0 bridgehead atoms. The van der Waals surface area contributed by atoms with Crippen molar-refractivity contribution in [1.29, 1.82) is 0 Å². The molecule has 0 N–H and O–H groups in total. The smallest absolute Gasteiger partial charge is 0.178 e. The van der Waals surface area contributed by atoms with E-state index in [0.717, 1.165) is 11.1 Å². The van der Waals surface area contributed by atoms with E-state index in [-0.39, 0.29) is 18.0 Å². The molecule has 2 unspecified atom stereocenters. The largest absolute Gasteiger partial charge is 0.493 e. The normalized spacial score (nSPS) is 19.8. The van der Waals surface area contributed by atoms with Crippen LogP contribution in [0.2, 0.25) is 0 Å². The van der Waals surface area contributed by atoms with Gasteiger partial charge in [0, 0.05) is 14.2 Å². The third kappa shape index (κ3) is 5.18. The first-order valence-corrected chi connectivity index (χ1v) is 8.19. The van der Waals surface area contributed by atoms with Crippen molar-refractivity contribution in [2.45, 2.75) is 12.2 Å². The SMILES string of the molecule is COc1ccc(/C=C/C(=O)/C=C/C2=CC(OC)C(OC)C=C2)cc1OC. The summed E-state index contributed by atoms with van der Waals surface area (Å²) in [5.41, 5.74) is 1.75. The Hall–Kier alpha value is -2.63. The molecule has 0 aromatic heterocycles. The third-order valence-corrected chi connectivity index (χ3v) is 3.99. The Labute approximate surface area is 154 Å². The predicted molar refractivity (Wildman–Crippen MR) is 102 cm³/mol. The number of methoxy groups -OCH3 is 4. The van der Waals surface area contributed by atoms with Gasteiger partial charge >= 0.3 is 0 Å². The molecule has 0 heterocycles.